The maximum absolute atomic E-state index is 14.4. The summed E-state index contributed by atoms with van der Waals surface area (Å²) in [4.78, 5) is 31.0. The van der Waals surface area contributed by atoms with Gasteiger partial charge in [-0.3, -0.25) is 9.59 Å². The standard InChI is InChI=1S/C37H50F2N4O5S/c1-6-13-42(14-7-2)35(45)29-20-30(22-34(21-29)49(47,48)41-37(4,5)25-44)36(46)43(24-27-11-9-10-26(8-3)16-27)15-12-33(40)19-28-17-31(38)23-32(39)18-28/h9-11,16-18,20-23,33,41,44H,6-8,12-15,19,24-25,40H2,1-5H3/t33-/m1/s1. The number of carbonyl (C=O) groups excluding carboxylic acids is 2. The highest BCUT2D eigenvalue weighted by Gasteiger charge is 2.29. The molecule has 3 aromatic rings. The fourth-order valence-corrected chi connectivity index (χ4v) is 7.03. The number of aliphatic hydroxyl groups is 1. The molecule has 0 aromatic heterocycles. The molecule has 49 heavy (non-hydrogen) atoms. The van der Waals surface area contributed by atoms with Gasteiger partial charge in [0.05, 0.1) is 17.0 Å². The van der Waals surface area contributed by atoms with Gasteiger partial charge in [0.15, 0.2) is 0 Å². The lowest BCUT2D eigenvalue weighted by Gasteiger charge is -2.27. The van der Waals surface area contributed by atoms with Crippen molar-refractivity contribution in [3.63, 3.8) is 0 Å². The van der Waals surface area contributed by atoms with Crippen LogP contribution in [0.3, 0.4) is 0 Å². The van der Waals surface area contributed by atoms with Crippen LogP contribution in [-0.2, 0) is 29.4 Å². The van der Waals surface area contributed by atoms with E-state index in [4.69, 9.17) is 5.73 Å². The monoisotopic (exact) mass is 700 g/mol. The lowest BCUT2D eigenvalue weighted by Crippen LogP contribution is -2.46. The van der Waals surface area contributed by atoms with Crippen LogP contribution in [0.5, 0.6) is 0 Å². The summed E-state index contributed by atoms with van der Waals surface area (Å²) in [7, 11) is -4.29. The Balaban J connectivity index is 2.07. The Bertz CT molecular complexity index is 1670. The van der Waals surface area contributed by atoms with E-state index in [1.54, 1.807) is 9.80 Å². The highest BCUT2D eigenvalue weighted by molar-refractivity contribution is 7.89. The Hall–Kier alpha value is -3.71. The number of sulfonamides is 1. The minimum atomic E-state index is -4.29. The molecule has 4 N–H and O–H groups in total. The number of halogens is 2. The molecule has 0 aliphatic rings. The van der Waals surface area contributed by atoms with Gasteiger partial charge in [0.2, 0.25) is 10.0 Å². The maximum atomic E-state index is 14.4. The summed E-state index contributed by atoms with van der Waals surface area (Å²) in [6.45, 7) is 9.67. The second kappa shape index (κ2) is 17.8. The van der Waals surface area contributed by atoms with Gasteiger partial charge in [-0.15, -0.1) is 0 Å². The molecule has 0 fully saturated rings. The number of amides is 2. The SMILES string of the molecule is CCCN(CCC)C(=O)c1cc(C(=O)N(CC[C@@H](N)Cc2cc(F)cc(F)c2)Cc2cccc(CC)c2)cc(S(=O)(=O)NC(C)(C)CO)c1. The number of nitrogens with zero attached hydrogens (tertiary/aromatic N) is 2. The number of aryl methyl sites for hydroxylation is 1. The molecule has 0 saturated carbocycles. The van der Waals surface area contributed by atoms with Crippen LogP contribution in [0, 0.1) is 11.6 Å². The quantitative estimate of drug-likeness (QED) is 0.162. The predicted octanol–water partition coefficient (Wildman–Crippen LogP) is 5.44. The van der Waals surface area contributed by atoms with Gasteiger partial charge in [-0.25, -0.2) is 21.9 Å². The number of carbonyl (C=O) groups is 2. The number of benzene rings is 3. The highest BCUT2D eigenvalue weighted by atomic mass is 32.2. The summed E-state index contributed by atoms with van der Waals surface area (Å²) in [5.74, 6) is -2.33. The summed E-state index contributed by atoms with van der Waals surface area (Å²) in [6, 6.07) is 14.4. The van der Waals surface area contributed by atoms with Crippen molar-refractivity contribution < 1.29 is 31.9 Å². The van der Waals surface area contributed by atoms with Gasteiger partial charge < -0.3 is 20.6 Å². The first kappa shape index (κ1) is 39.7. The smallest absolute Gasteiger partial charge is 0.254 e. The largest absolute Gasteiger partial charge is 0.394 e. The Labute approximate surface area is 289 Å². The number of hydrogen-bond acceptors (Lipinski definition) is 6. The van der Waals surface area contributed by atoms with Crippen LogP contribution in [-0.4, -0.2) is 73.0 Å². The first-order valence-electron chi connectivity index (χ1n) is 16.8. The third-order valence-corrected chi connectivity index (χ3v) is 9.72. The number of nitrogens with one attached hydrogen (secondary N) is 1. The molecule has 9 nitrogen and oxygen atoms in total. The van der Waals surface area contributed by atoms with Crippen LogP contribution in [0.15, 0.2) is 65.6 Å². The Morgan fingerprint density at radius 2 is 1.41 bits per heavy atom. The fourth-order valence-electron chi connectivity index (χ4n) is 5.55. The minimum absolute atomic E-state index is 0.00612. The van der Waals surface area contributed by atoms with E-state index in [1.165, 1.54) is 44.2 Å². The van der Waals surface area contributed by atoms with Crippen molar-refractivity contribution >= 4 is 21.8 Å². The van der Waals surface area contributed by atoms with Crippen molar-refractivity contribution in [2.45, 2.75) is 89.7 Å². The number of rotatable bonds is 18. The molecule has 1 atom stereocenters. The van der Waals surface area contributed by atoms with Crippen LogP contribution >= 0.6 is 0 Å². The Kier molecular flexibility index (Phi) is 14.4. The molecular formula is C37H50F2N4O5S. The molecule has 2 amide bonds. The van der Waals surface area contributed by atoms with Crippen LogP contribution in [0.1, 0.15) is 91.3 Å². The summed E-state index contributed by atoms with van der Waals surface area (Å²) in [5, 5.41) is 9.76. The lowest BCUT2D eigenvalue weighted by atomic mass is 10.0. The van der Waals surface area contributed by atoms with E-state index in [2.05, 4.69) is 4.72 Å². The van der Waals surface area contributed by atoms with Crippen molar-refractivity contribution in [3.05, 3.63) is 100 Å². The van der Waals surface area contributed by atoms with Crippen LogP contribution in [0.2, 0.25) is 0 Å². The number of hydrogen-bond donors (Lipinski definition) is 3. The molecule has 0 heterocycles. The highest BCUT2D eigenvalue weighted by Crippen LogP contribution is 2.22. The predicted molar refractivity (Wildman–Crippen MR) is 188 cm³/mol. The zero-order valence-corrected chi connectivity index (χ0v) is 30.0. The van der Waals surface area contributed by atoms with Crippen LogP contribution < -0.4 is 10.5 Å². The molecule has 3 rings (SSSR count). The van der Waals surface area contributed by atoms with Crippen molar-refractivity contribution in [3.8, 4) is 0 Å². The van der Waals surface area contributed by atoms with E-state index in [-0.39, 0.29) is 42.0 Å². The van der Waals surface area contributed by atoms with Crippen molar-refractivity contribution in [1.82, 2.24) is 14.5 Å². The number of aliphatic hydroxyl groups excluding tert-OH is 1. The second-order valence-corrected chi connectivity index (χ2v) is 14.8. The summed E-state index contributed by atoms with van der Waals surface area (Å²) >= 11 is 0. The summed E-state index contributed by atoms with van der Waals surface area (Å²) in [5.41, 5.74) is 7.53. The Morgan fingerprint density at radius 3 is 1.96 bits per heavy atom. The van der Waals surface area contributed by atoms with E-state index in [0.29, 0.717) is 31.5 Å². The Morgan fingerprint density at radius 1 is 0.837 bits per heavy atom. The lowest BCUT2D eigenvalue weighted by molar-refractivity contribution is 0.0737. The van der Waals surface area contributed by atoms with Crippen LogP contribution in [0.25, 0.3) is 0 Å². The van der Waals surface area contributed by atoms with Crippen molar-refractivity contribution in [1.29, 1.82) is 0 Å². The maximum Gasteiger partial charge on any atom is 0.254 e. The molecule has 0 unspecified atom stereocenters. The average Bonchev–Trinajstić information content (AvgIpc) is 3.04. The summed E-state index contributed by atoms with van der Waals surface area (Å²) < 4.78 is 57.3. The molecule has 268 valence electrons. The number of nitrogens with two attached hydrogens (primary N) is 1. The molecule has 0 bridgehead atoms. The first-order chi connectivity index (χ1) is 23.1. The van der Waals surface area contributed by atoms with Crippen molar-refractivity contribution in [2.75, 3.05) is 26.2 Å². The van der Waals surface area contributed by atoms with Gasteiger partial charge in [0.25, 0.3) is 11.8 Å². The molecule has 0 aliphatic carbocycles. The van der Waals surface area contributed by atoms with E-state index < -0.39 is 51.7 Å². The minimum Gasteiger partial charge on any atom is -0.394 e. The zero-order chi connectivity index (χ0) is 36.4. The van der Waals surface area contributed by atoms with E-state index in [0.717, 1.165) is 23.6 Å². The topological polar surface area (TPSA) is 133 Å². The van der Waals surface area contributed by atoms with Gasteiger partial charge in [0.1, 0.15) is 11.6 Å². The zero-order valence-electron chi connectivity index (χ0n) is 29.1. The third-order valence-electron chi connectivity index (χ3n) is 8.04. The van der Waals surface area contributed by atoms with E-state index in [1.807, 2.05) is 45.0 Å². The normalized spacial score (nSPS) is 12.5. The van der Waals surface area contributed by atoms with Crippen molar-refractivity contribution in [2.24, 2.45) is 5.73 Å². The van der Waals surface area contributed by atoms with Gasteiger partial charge in [-0.1, -0.05) is 45.0 Å². The molecule has 0 radical (unpaired) electrons. The molecule has 3 aromatic carbocycles. The van der Waals surface area contributed by atoms with Gasteiger partial charge in [-0.05, 0) is 93.0 Å². The molecule has 0 aliphatic heterocycles. The van der Waals surface area contributed by atoms with Crippen LogP contribution in [0.4, 0.5) is 8.78 Å². The first-order valence-corrected chi connectivity index (χ1v) is 18.3. The molecular weight excluding hydrogens is 650 g/mol. The average molecular weight is 701 g/mol. The van der Waals surface area contributed by atoms with E-state index >= 15 is 0 Å². The third kappa shape index (κ3) is 11.7. The fraction of sp³-hybridized carbons (Fsp3) is 0.459. The second-order valence-electron chi connectivity index (χ2n) is 13.1. The van der Waals surface area contributed by atoms with Gasteiger partial charge in [-0.2, -0.15) is 0 Å². The summed E-state index contributed by atoms with van der Waals surface area (Å²) in [6.07, 6.45) is 2.61. The molecule has 0 spiro atoms. The molecule has 12 heteroatoms. The van der Waals surface area contributed by atoms with E-state index in [9.17, 15) is 31.9 Å². The molecule has 0 saturated heterocycles. The van der Waals surface area contributed by atoms with Gasteiger partial charge >= 0.3 is 0 Å². The van der Waals surface area contributed by atoms with Gasteiger partial charge in [0, 0.05) is 49.4 Å².